The third-order valence-corrected chi connectivity index (χ3v) is 4.01. The summed E-state index contributed by atoms with van der Waals surface area (Å²) in [6.45, 7) is 14.6. The molecule has 0 bridgehead atoms. The summed E-state index contributed by atoms with van der Waals surface area (Å²) >= 11 is 0. The van der Waals surface area contributed by atoms with Crippen molar-refractivity contribution in [2.75, 3.05) is 26.8 Å². The molecule has 18 heavy (non-hydrogen) atoms. The summed E-state index contributed by atoms with van der Waals surface area (Å²) in [4.78, 5) is 2.69. The molecule has 3 heteroatoms. The van der Waals surface area contributed by atoms with Gasteiger partial charge in [-0.3, -0.25) is 4.90 Å². The average molecular weight is 256 g/mol. The van der Waals surface area contributed by atoms with E-state index in [9.17, 15) is 0 Å². The predicted octanol–water partition coefficient (Wildman–Crippen LogP) is 2.51. The number of hydrogen-bond acceptors (Lipinski definition) is 3. The second-order valence-corrected chi connectivity index (χ2v) is 6.65. The zero-order valence-electron chi connectivity index (χ0n) is 13.1. The summed E-state index contributed by atoms with van der Waals surface area (Å²) < 4.78 is 5.44. The van der Waals surface area contributed by atoms with E-state index >= 15 is 0 Å². The minimum absolute atomic E-state index is 0.213. The number of methoxy groups -OCH3 is 1. The van der Waals surface area contributed by atoms with Gasteiger partial charge in [-0.25, -0.2) is 0 Å². The molecule has 3 nitrogen and oxygen atoms in total. The molecule has 0 amide bonds. The Morgan fingerprint density at radius 3 is 2.56 bits per heavy atom. The second kappa shape index (κ2) is 6.88. The van der Waals surface area contributed by atoms with E-state index < -0.39 is 0 Å². The lowest BCUT2D eigenvalue weighted by atomic mass is 9.90. The number of piperazine rings is 1. The van der Waals surface area contributed by atoms with Crippen molar-refractivity contribution in [2.24, 2.45) is 5.92 Å². The minimum Gasteiger partial charge on any atom is -0.383 e. The summed E-state index contributed by atoms with van der Waals surface area (Å²) in [7, 11) is 1.82. The van der Waals surface area contributed by atoms with E-state index in [1.54, 1.807) is 0 Å². The molecule has 1 aliphatic heterocycles. The molecule has 0 aromatic heterocycles. The van der Waals surface area contributed by atoms with E-state index in [2.05, 4.69) is 44.8 Å². The highest BCUT2D eigenvalue weighted by Crippen LogP contribution is 2.24. The van der Waals surface area contributed by atoms with Crippen LogP contribution in [0.2, 0.25) is 0 Å². The van der Waals surface area contributed by atoms with Crippen LogP contribution in [0.25, 0.3) is 0 Å². The molecule has 1 rings (SSSR count). The highest BCUT2D eigenvalue weighted by atomic mass is 16.5. The average Bonchev–Trinajstić information content (AvgIpc) is 2.27. The summed E-state index contributed by atoms with van der Waals surface area (Å²) in [5.74, 6) is 0.685. The Labute approximate surface area is 113 Å². The van der Waals surface area contributed by atoms with E-state index in [-0.39, 0.29) is 5.54 Å². The highest BCUT2D eigenvalue weighted by Gasteiger charge is 2.37. The van der Waals surface area contributed by atoms with E-state index in [0.29, 0.717) is 18.0 Å². The molecule has 108 valence electrons. The van der Waals surface area contributed by atoms with Crippen molar-refractivity contribution in [2.45, 2.75) is 65.1 Å². The first kappa shape index (κ1) is 15.9. The molecule has 0 aliphatic carbocycles. The van der Waals surface area contributed by atoms with Crippen molar-refractivity contribution < 1.29 is 4.74 Å². The number of hydrogen-bond donors (Lipinski definition) is 1. The Hall–Kier alpha value is -0.120. The van der Waals surface area contributed by atoms with Crippen LogP contribution in [0.1, 0.15) is 47.5 Å². The fourth-order valence-corrected chi connectivity index (χ4v) is 3.02. The van der Waals surface area contributed by atoms with E-state index in [4.69, 9.17) is 4.74 Å². The van der Waals surface area contributed by atoms with Crippen molar-refractivity contribution in [3.05, 3.63) is 0 Å². The zero-order chi connectivity index (χ0) is 13.8. The van der Waals surface area contributed by atoms with E-state index in [1.807, 2.05) is 7.11 Å². The van der Waals surface area contributed by atoms with Crippen molar-refractivity contribution in [1.29, 1.82) is 0 Å². The molecular formula is C15H32N2O. The molecule has 0 radical (unpaired) electrons. The highest BCUT2D eigenvalue weighted by molar-refractivity contribution is 4.95. The maximum Gasteiger partial charge on any atom is 0.0618 e. The van der Waals surface area contributed by atoms with Crippen LogP contribution in [-0.4, -0.2) is 49.3 Å². The minimum atomic E-state index is 0.213. The largest absolute Gasteiger partial charge is 0.383 e. The second-order valence-electron chi connectivity index (χ2n) is 6.65. The van der Waals surface area contributed by atoms with Gasteiger partial charge in [-0.15, -0.1) is 0 Å². The molecule has 1 heterocycles. The van der Waals surface area contributed by atoms with Gasteiger partial charge in [0.2, 0.25) is 0 Å². The Morgan fingerprint density at radius 2 is 2.06 bits per heavy atom. The molecule has 0 saturated carbocycles. The van der Waals surface area contributed by atoms with Crippen LogP contribution in [-0.2, 0) is 4.74 Å². The summed E-state index contributed by atoms with van der Waals surface area (Å²) in [5.41, 5.74) is 0.213. The first-order valence-corrected chi connectivity index (χ1v) is 7.41. The number of ether oxygens (including phenoxy) is 1. The van der Waals surface area contributed by atoms with Crippen LogP contribution in [0, 0.1) is 5.92 Å². The Balaban J connectivity index is 2.80. The van der Waals surface area contributed by atoms with Gasteiger partial charge < -0.3 is 10.1 Å². The van der Waals surface area contributed by atoms with Crippen molar-refractivity contribution in [1.82, 2.24) is 10.2 Å². The molecular weight excluding hydrogens is 224 g/mol. The molecule has 0 spiro atoms. The van der Waals surface area contributed by atoms with Crippen molar-refractivity contribution in [3.63, 3.8) is 0 Å². The van der Waals surface area contributed by atoms with Crippen LogP contribution < -0.4 is 5.32 Å². The van der Waals surface area contributed by atoms with Crippen LogP contribution in [0.15, 0.2) is 0 Å². The van der Waals surface area contributed by atoms with Gasteiger partial charge in [0.1, 0.15) is 0 Å². The molecule has 0 aromatic rings. The van der Waals surface area contributed by atoms with E-state index in [1.165, 1.54) is 12.8 Å². The van der Waals surface area contributed by atoms with Crippen LogP contribution in [0.3, 0.4) is 0 Å². The van der Waals surface area contributed by atoms with Gasteiger partial charge in [-0.05, 0) is 26.2 Å². The third-order valence-electron chi connectivity index (χ3n) is 4.01. The fraction of sp³-hybridized carbons (Fsp3) is 1.00. The Bertz CT molecular complexity index is 235. The van der Waals surface area contributed by atoms with Crippen LogP contribution in [0.4, 0.5) is 0 Å². The van der Waals surface area contributed by atoms with Gasteiger partial charge in [0.25, 0.3) is 0 Å². The number of rotatable bonds is 6. The Morgan fingerprint density at radius 1 is 1.39 bits per heavy atom. The smallest absolute Gasteiger partial charge is 0.0618 e. The normalized spacial score (nSPS) is 26.5. The molecule has 2 unspecified atom stereocenters. The predicted molar refractivity (Wildman–Crippen MR) is 78.0 cm³/mol. The molecule has 1 fully saturated rings. The van der Waals surface area contributed by atoms with Gasteiger partial charge in [-0.1, -0.05) is 27.2 Å². The Kier molecular flexibility index (Phi) is 6.09. The molecule has 1 aliphatic rings. The topological polar surface area (TPSA) is 24.5 Å². The zero-order valence-corrected chi connectivity index (χ0v) is 13.1. The van der Waals surface area contributed by atoms with Gasteiger partial charge in [-0.2, -0.15) is 0 Å². The van der Waals surface area contributed by atoms with E-state index in [0.717, 1.165) is 19.7 Å². The molecule has 1 N–H and O–H groups in total. The van der Waals surface area contributed by atoms with Gasteiger partial charge in [0, 0.05) is 37.8 Å². The van der Waals surface area contributed by atoms with Gasteiger partial charge >= 0.3 is 0 Å². The molecule has 1 saturated heterocycles. The first-order chi connectivity index (χ1) is 8.41. The lowest BCUT2D eigenvalue weighted by Crippen LogP contribution is -2.65. The maximum atomic E-state index is 5.44. The summed E-state index contributed by atoms with van der Waals surface area (Å²) in [6, 6.07) is 1.19. The number of nitrogens with zero attached hydrogens (tertiary/aromatic N) is 1. The quantitative estimate of drug-likeness (QED) is 0.790. The standard InChI is InChI=1S/C15H32N2O/c1-7-8-13(10-18-6)17-11-15(4,5)16-9-14(17)12(2)3/h12-14,16H,7-11H2,1-6H3. The maximum absolute atomic E-state index is 5.44. The van der Waals surface area contributed by atoms with Crippen LogP contribution >= 0.6 is 0 Å². The first-order valence-electron chi connectivity index (χ1n) is 7.41. The van der Waals surface area contributed by atoms with Crippen molar-refractivity contribution >= 4 is 0 Å². The lowest BCUT2D eigenvalue weighted by Gasteiger charge is -2.49. The molecule has 2 atom stereocenters. The molecule has 0 aromatic carbocycles. The van der Waals surface area contributed by atoms with Crippen LogP contribution in [0.5, 0.6) is 0 Å². The number of nitrogens with one attached hydrogen (secondary N) is 1. The third kappa shape index (κ3) is 4.22. The summed E-state index contributed by atoms with van der Waals surface area (Å²) in [6.07, 6.45) is 2.45. The monoisotopic (exact) mass is 256 g/mol. The van der Waals surface area contributed by atoms with Crippen molar-refractivity contribution in [3.8, 4) is 0 Å². The lowest BCUT2D eigenvalue weighted by molar-refractivity contribution is -0.00310. The fourth-order valence-electron chi connectivity index (χ4n) is 3.02. The SMILES string of the molecule is CCCC(COC)N1CC(C)(C)NCC1C(C)C. The van der Waals surface area contributed by atoms with Gasteiger partial charge in [0.05, 0.1) is 6.61 Å². The van der Waals surface area contributed by atoms with Gasteiger partial charge in [0.15, 0.2) is 0 Å². The summed E-state index contributed by atoms with van der Waals surface area (Å²) in [5, 5.41) is 3.68.